The van der Waals surface area contributed by atoms with Gasteiger partial charge in [0.25, 0.3) is 11.8 Å². The van der Waals surface area contributed by atoms with Crippen LogP contribution >= 0.6 is 0 Å². The third kappa shape index (κ3) is 4.24. The minimum absolute atomic E-state index is 0.0315. The molecule has 6 nitrogen and oxygen atoms in total. The fourth-order valence-electron chi connectivity index (χ4n) is 0.982. The molecule has 90 valence electrons. The van der Waals surface area contributed by atoms with Gasteiger partial charge >= 0.3 is 0 Å². The third-order valence-electron chi connectivity index (χ3n) is 1.75. The van der Waals surface area contributed by atoms with Gasteiger partial charge in [-0.25, -0.2) is 0 Å². The van der Waals surface area contributed by atoms with E-state index in [0.717, 1.165) is 11.0 Å². The maximum atomic E-state index is 11.4. The monoisotopic (exact) mass is 228 g/mol. The van der Waals surface area contributed by atoms with Crippen molar-refractivity contribution in [3.63, 3.8) is 0 Å². The Bertz CT molecular complexity index is 289. The number of hydrogen-bond donors (Lipinski definition) is 3. The molecule has 6 heteroatoms. The molecule has 0 aromatic carbocycles. The molecular weight excluding hydrogens is 212 g/mol. The predicted octanol–water partition coefficient (Wildman–Crippen LogP) is -1.38. The summed E-state index contributed by atoms with van der Waals surface area (Å²) in [7, 11) is 0. The highest BCUT2D eigenvalue weighted by Crippen LogP contribution is 2.02. The molecule has 3 N–H and O–H groups in total. The second-order valence-corrected chi connectivity index (χ2v) is 2.84. The van der Waals surface area contributed by atoms with Gasteiger partial charge in [-0.05, 0) is 6.08 Å². The number of amides is 2. The number of carbonyl (C=O) groups is 2. The van der Waals surface area contributed by atoms with E-state index in [1.54, 1.807) is 0 Å². The van der Waals surface area contributed by atoms with Crippen molar-refractivity contribution in [3.8, 4) is 0 Å². The Morgan fingerprint density at radius 1 is 1.31 bits per heavy atom. The molecule has 2 amide bonds. The first-order valence-electron chi connectivity index (χ1n) is 4.71. The molecule has 0 bridgehead atoms. The van der Waals surface area contributed by atoms with Gasteiger partial charge in [-0.3, -0.25) is 9.59 Å². The highest BCUT2D eigenvalue weighted by Gasteiger charge is 2.18. The summed E-state index contributed by atoms with van der Waals surface area (Å²) in [6.45, 7) is 6.29. The maximum Gasteiger partial charge on any atom is 0.267 e. The number of carbonyl (C=O) groups excluding carboxylic acids is 2. The van der Waals surface area contributed by atoms with Crippen molar-refractivity contribution in [2.75, 3.05) is 26.3 Å². The Morgan fingerprint density at radius 3 is 2.38 bits per heavy atom. The van der Waals surface area contributed by atoms with Crippen LogP contribution in [-0.2, 0) is 9.59 Å². The summed E-state index contributed by atoms with van der Waals surface area (Å²) in [6, 6.07) is 0. The standard InChI is InChI=1S/C10H16N2O4/c1-3-9(15)12(5-7-14)8(2)10(16)11-4-6-13/h3,13-14H,1-2,4-7H2,(H,11,16). The molecule has 0 heterocycles. The van der Waals surface area contributed by atoms with Gasteiger partial charge in [0, 0.05) is 13.1 Å². The molecule has 0 aromatic rings. The molecule has 0 radical (unpaired) electrons. The molecule has 0 unspecified atom stereocenters. The quantitative estimate of drug-likeness (QED) is 0.468. The lowest BCUT2D eigenvalue weighted by Gasteiger charge is -2.21. The molecule has 0 aliphatic rings. The minimum Gasteiger partial charge on any atom is -0.395 e. The van der Waals surface area contributed by atoms with Gasteiger partial charge in [0.05, 0.1) is 13.2 Å². The fourth-order valence-corrected chi connectivity index (χ4v) is 0.982. The number of rotatable bonds is 7. The van der Waals surface area contributed by atoms with Crippen LogP contribution in [0.1, 0.15) is 0 Å². The number of hydrogen-bond acceptors (Lipinski definition) is 4. The van der Waals surface area contributed by atoms with Crippen LogP contribution in [0.4, 0.5) is 0 Å². The van der Waals surface area contributed by atoms with E-state index in [4.69, 9.17) is 10.2 Å². The van der Waals surface area contributed by atoms with Gasteiger partial charge in [0.1, 0.15) is 5.70 Å². The van der Waals surface area contributed by atoms with Gasteiger partial charge in [-0.2, -0.15) is 0 Å². The fraction of sp³-hybridized carbons (Fsp3) is 0.400. The van der Waals surface area contributed by atoms with Crippen LogP contribution in [-0.4, -0.2) is 53.2 Å². The zero-order valence-electron chi connectivity index (χ0n) is 8.98. The second kappa shape index (κ2) is 7.61. The Kier molecular flexibility index (Phi) is 6.82. The number of nitrogens with one attached hydrogen (secondary N) is 1. The molecule has 0 aromatic heterocycles. The molecule has 16 heavy (non-hydrogen) atoms. The van der Waals surface area contributed by atoms with E-state index in [-0.39, 0.29) is 32.0 Å². The Labute approximate surface area is 93.9 Å². The van der Waals surface area contributed by atoms with Crippen LogP contribution in [0.25, 0.3) is 0 Å². The first-order valence-corrected chi connectivity index (χ1v) is 4.71. The highest BCUT2D eigenvalue weighted by molar-refractivity contribution is 5.99. The van der Waals surface area contributed by atoms with E-state index in [1.807, 2.05) is 0 Å². The van der Waals surface area contributed by atoms with Crippen LogP contribution < -0.4 is 5.32 Å². The molecule has 0 fully saturated rings. The van der Waals surface area contributed by atoms with Crippen molar-refractivity contribution in [3.05, 3.63) is 24.9 Å². The summed E-state index contributed by atoms with van der Waals surface area (Å²) in [5.41, 5.74) is -0.0904. The zero-order valence-corrected chi connectivity index (χ0v) is 8.98. The molecule has 0 saturated carbocycles. The smallest absolute Gasteiger partial charge is 0.267 e. The lowest BCUT2D eigenvalue weighted by molar-refractivity contribution is -0.129. The summed E-state index contributed by atoms with van der Waals surface area (Å²) >= 11 is 0. The lowest BCUT2D eigenvalue weighted by Crippen LogP contribution is -2.39. The average molecular weight is 228 g/mol. The third-order valence-corrected chi connectivity index (χ3v) is 1.75. The summed E-state index contributed by atoms with van der Waals surface area (Å²) in [4.78, 5) is 23.7. The van der Waals surface area contributed by atoms with Crippen LogP contribution in [0.15, 0.2) is 24.9 Å². The topological polar surface area (TPSA) is 89.9 Å². The normalized spacial score (nSPS) is 9.38. The van der Waals surface area contributed by atoms with Crippen molar-refractivity contribution in [2.24, 2.45) is 0 Å². The first-order chi connectivity index (χ1) is 7.58. The van der Waals surface area contributed by atoms with E-state index in [0.29, 0.717) is 0 Å². The Hall–Kier alpha value is -1.66. The van der Waals surface area contributed by atoms with Gasteiger partial charge in [-0.1, -0.05) is 13.2 Å². The van der Waals surface area contributed by atoms with E-state index in [1.165, 1.54) is 0 Å². The molecule has 0 aliphatic heterocycles. The van der Waals surface area contributed by atoms with Crippen molar-refractivity contribution < 1.29 is 19.8 Å². The average Bonchev–Trinajstić information content (AvgIpc) is 2.31. The van der Waals surface area contributed by atoms with Crippen molar-refractivity contribution in [1.82, 2.24) is 10.2 Å². The number of aliphatic hydroxyl groups excluding tert-OH is 2. The number of nitrogens with zero attached hydrogens (tertiary/aromatic N) is 1. The summed E-state index contributed by atoms with van der Waals surface area (Å²) in [6.07, 6.45) is 1.03. The van der Waals surface area contributed by atoms with Gasteiger partial charge < -0.3 is 20.4 Å². The Morgan fingerprint density at radius 2 is 1.94 bits per heavy atom. The predicted molar refractivity (Wildman–Crippen MR) is 58.2 cm³/mol. The molecule has 0 spiro atoms. The van der Waals surface area contributed by atoms with E-state index in [2.05, 4.69) is 18.5 Å². The zero-order chi connectivity index (χ0) is 12.6. The second-order valence-electron chi connectivity index (χ2n) is 2.84. The van der Waals surface area contributed by atoms with Crippen LogP contribution in [0.5, 0.6) is 0 Å². The van der Waals surface area contributed by atoms with Crippen LogP contribution in [0.2, 0.25) is 0 Å². The van der Waals surface area contributed by atoms with Crippen LogP contribution in [0.3, 0.4) is 0 Å². The first kappa shape index (κ1) is 14.3. The molecule has 0 atom stereocenters. The van der Waals surface area contributed by atoms with E-state index < -0.39 is 11.8 Å². The van der Waals surface area contributed by atoms with Crippen molar-refractivity contribution >= 4 is 11.8 Å². The van der Waals surface area contributed by atoms with Crippen molar-refractivity contribution in [1.29, 1.82) is 0 Å². The maximum absolute atomic E-state index is 11.4. The Balaban J connectivity index is 4.54. The van der Waals surface area contributed by atoms with Crippen LogP contribution in [0, 0.1) is 0 Å². The van der Waals surface area contributed by atoms with Gasteiger partial charge in [-0.15, -0.1) is 0 Å². The molecule has 0 saturated heterocycles. The van der Waals surface area contributed by atoms with E-state index in [9.17, 15) is 9.59 Å². The summed E-state index contributed by atoms with van der Waals surface area (Å²) in [5, 5.41) is 19.6. The van der Waals surface area contributed by atoms with Crippen molar-refractivity contribution in [2.45, 2.75) is 0 Å². The summed E-state index contributed by atoms with van der Waals surface area (Å²) < 4.78 is 0. The summed E-state index contributed by atoms with van der Waals surface area (Å²) in [5.74, 6) is -1.09. The molecule has 0 aliphatic carbocycles. The number of aliphatic hydroxyl groups is 2. The van der Waals surface area contributed by atoms with Gasteiger partial charge in [0.2, 0.25) is 0 Å². The SMILES string of the molecule is C=CC(=O)N(CCO)C(=C)C(=O)NCCO. The van der Waals surface area contributed by atoms with E-state index >= 15 is 0 Å². The molecular formula is C10H16N2O4. The lowest BCUT2D eigenvalue weighted by atomic mass is 10.3. The van der Waals surface area contributed by atoms with Gasteiger partial charge in [0.15, 0.2) is 0 Å². The minimum atomic E-state index is -0.572. The highest BCUT2D eigenvalue weighted by atomic mass is 16.3. The molecule has 0 rings (SSSR count). The largest absolute Gasteiger partial charge is 0.395 e.